The average Bonchev–Trinajstić information content (AvgIpc) is 3.44. The number of hydrogen-bond acceptors (Lipinski definition) is 6. The Morgan fingerprint density at radius 3 is 2.53 bits per heavy atom. The Bertz CT molecular complexity index is 1150. The molecule has 0 spiro atoms. The summed E-state index contributed by atoms with van der Waals surface area (Å²) >= 11 is 0. The third kappa shape index (κ3) is 3.38. The maximum Gasteiger partial charge on any atom is 0.255 e. The fraction of sp³-hybridized carbons (Fsp3) is 0.318. The molecule has 30 heavy (non-hydrogen) atoms. The summed E-state index contributed by atoms with van der Waals surface area (Å²) in [5, 5.41) is 4.66. The van der Waals surface area contributed by atoms with Crippen LogP contribution in [0.2, 0.25) is 0 Å². The summed E-state index contributed by atoms with van der Waals surface area (Å²) in [4.78, 5) is 13.6. The van der Waals surface area contributed by atoms with Crippen molar-refractivity contribution in [2.75, 3.05) is 36.0 Å². The SMILES string of the molecule is CCCc1cc(N2CCN(c3ccccc3F)CC2)n2nc(-c3ccco3)nc2n1. The molecule has 1 saturated heterocycles. The van der Waals surface area contributed by atoms with E-state index < -0.39 is 0 Å². The van der Waals surface area contributed by atoms with Crippen LogP contribution in [0.3, 0.4) is 0 Å². The predicted octanol–water partition coefficient (Wildman–Crippen LogP) is 3.80. The monoisotopic (exact) mass is 406 g/mol. The van der Waals surface area contributed by atoms with E-state index in [0.717, 1.165) is 50.5 Å². The number of rotatable bonds is 5. The molecule has 0 N–H and O–H groups in total. The van der Waals surface area contributed by atoms with Crippen LogP contribution in [0, 0.1) is 5.82 Å². The van der Waals surface area contributed by atoms with Gasteiger partial charge in [0.2, 0.25) is 5.82 Å². The van der Waals surface area contributed by atoms with E-state index in [-0.39, 0.29) is 5.82 Å². The lowest BCUT2D eigenvalue weighted by molar-refractivity contribution is 0.576. The van der Waals surface area contributed by atoms with Crippen molar-refractivity contribution in [3.63, 3.8) is 0 Å². The van der Waals surface area contributed by atoms with Gasteiger partial charge in [-0.15, -0.1) is 5.10 Å². The Hall–Kier alpha value is -3.42. The van der Waals surface area contributed by atoms with Crippen LogP contribution >= 0.6 is 0 Å². The number of para-hydroxylation sites is 1. The van der Waals surface area contributed by atoms with Gasteiger partial charge >= 0.3 is 0 Å². The Kier molecular flexibility index (Phi) is 4.82. The molecular weight excluding hydrogens is 383 g/mol. The Morgan fingerprint density at radius 1 is 1.00 bits per heavy atom. The van der Waals surface area contributed by atoms with Crippen molar-refractivity contribution in [2.24, 2.45) is 0 Å². The van der Waals surface area contributed by atoms with E-state index in [0.29, 0.717) is 23.0 Å². The number of hydrogen-bond donors (Lipinski definition) is 0. The number of furan rings is 1. The van der Waals surface area contributed by atoms with E-state index in [1.807, 2.05) is 24.3 Å². The molecule has 7 nitrogen and oxygen atoms in total. The molecule has 0 saturated carbocycles. The van der Waals surface area contributed by atoms with Crippen LogP contribution in [0.1, 0.15) is 19.0 Å². The number of aryl methyl sites for hydroxylation is 1. The second-order valence-corrected chi connectivity index (χ2v) is 7.41. The van der Waals surface area contributed by atoms with Gasteiger partial charge in [0, 0.05) is 37.9 Å². The second kappa shape index (κ2) is 7.78. The molecule has 4 aromatic rings. The predicted molar refractivity (Wildman–Crippen MR) is 113 cm³/mol. The Labute approximate surface area is 173 Å². The second-order valence-electron chi connectivity index (χ2n) is 7.41. The number of fused-ring (bicyclic) bond motifs is 1. The maximum atomic E-state index is 14.2. The summed E-state index contributed by atoms with van der Waals surface area (Å²) in [6, 6.07) is 12.7. The fourth-order valence-corrected chi connectivity index (χ4v) is 3.91. The van der Waals surface area contributed by atoms with Gasteiger partial charge in [-0.2, -0.15) is 9.50 Å². The summed E-state index contributed by atoms with van der Waals surface area (Å²) in [5.74, 6) is 2.49. The minimum Gasteiger partial charge on any atom is -0.461 e. The highest BCUT2D eigenvalue weighted by Gasteiger charge is 2.23. The van der Waals surface area contributed by atoms with Crippen molar-refractivity contribution in [3.8, 4) is 11.6 Å². The quantitative estimate of drug-likeness (QED) is 0.502. The first-order chi connectivity index (χ1) is 14.7. The zero-order valence-corrected chi connectivity index (χ0v) is 16.8. The van der Waals surface area contributed by atoms with Gasteiger partial charge in [-0.25, -0.2) is 9.37 Å². The van der Waals surface area contributed by atoms with Crippen LogP contribution < -0.4 is 9.80 Å². The third-order valence-corrected chi connectivity index (χ3v) is 5.39. The van der Waals surface area contributed by atoms with E-state index in [1.165, 1.54) is 6.07 Å². The molecule has 0 amide bonds. The number of nitrogens with zero attached hydrogens (tertiary/aromatic N) is 6. The minimum absolute atomic E-state index is 0.179. The molecule has 1 fully saturated rings. The van der Waals surface area contributed by atoms with Crippen LogP contribution in [0.5, 0.6) is 0 Å². The summed E-state index contributed by atoms with van der Waals surface area (Å²) < 4.78 is 21.4. The maximum absolute atomic E-state index is 14.2. The van der Waals surface area contributed by atoms with Crippen molar-refractivity contribution < 1.29 is 8.81 Å². The molecule has 4 heterocycles. The van der Waals surface area contributed by atoms with Gasteiger partial charge in [-0.3, -0.25) is 0 Å². The van der Waals surface area contributed by atoms with E-state index in [9.17, 15) is 4.39 Å². The smallest absolute Gasteiger partial charge is 0.255 e. The van der Waals surface area contributed by atoms with Gasteiger partial charge in [0.05, 0.1) is 12.0 Å². The molecular formula is C22H23FN6O. The molecule has 8 heteroatoms. The van der Waals surface area contributed by atoms with Gasteiger partial charge in [0.1, 0.15) is 11.6 Å². The summed E-state index contributed by atoms with van der Waals surface area (Å²) in [5.41, 5.74) is 1.65. The van der Waals surface area contributed by atoms with Crippen LogP contribution in [-0.2, 0) is 6.42 Å². The van der Waals surface area contributed by atoms with Crippen LogP contribution in [0.25, 0.3) is 17.4 Å². The average molecular weight is 406 g/mol. The highest BCUT2D eigenvalue weighted by Crippen LogP contribution is 2.25. The first-order valence-electron chi connectivity index (χ1n) is 10.3. The Balaban J connectivity index is 1.46. The van der Waals surface area contributed by atoms with Crippen molar-refractivity contribution in [3.05, 3.63) is 60.2 Å². The van der Waals surface area contributed by atoms with Crippen molar-refractivity contribution in [1.29, 1.82) is 0 Å². The standard InChI is InChI=1S/C22H23FN6O/c1-2-6-16-15-20(29-22(24-16)25-21(26-29)19-9-5-14-30-19)28-12-10-27(11-13-28)18-8-4-3-7-17(18)23/h3-5,7-9,14-15H,2,6,10-13H2,1H3. The number of piperazine rings is 1. The minimum atomic E-state index is -0.179. The van der Waals surface area contributed by atoms with Crippen molar-refractivity contribution in [1.82, 2.24) is 19.6 Å². The van der Waals surface area contributed by atoms with Crippen LogP contribution in [0.4, 0.5) is 15.9 Å². The summed E-state index contributed by atoms with van der Waals surface area (Å²) in [6.07, 6.45) is 3.49. The molecule has 5 rings (SSSR count). The third-order valence-electron chi connectivity index (χ3n) is 5.39. The molecule has 0 atom stereocenters. The summed E-state index contributed by atoms with van der Waals surface area (Å²) in [6.45, 7) is 5.11. The fourth-order valence-electron chi connectivity index (χ4n) is 3.91. The summed E-state index contributed by atoms with van der Waals surface area (Å²) in [7, 11) is 0. The molecule has 0 bridgehead atoms. The number of halogens is 1. The van der Waals surface area contributed by atoms with Crippen molar-refractivity contribution in [2.45, 2.75) is 19.8 Å². The van der Waals surface area contributed by atoms with Gasteiger partial charge in [-0.1, -0.05) is 25.5 Å². The van der Waals surface area contributed by atoms with Gasteiger partial charge in [0.25, 0.3) is 5.78 Å². The first-order valence-corrected chi connectivity index (χ1v) is 10.3. The zero-order valence-electron chi connectivity index (χ0n) is 16.8. The van der Waals surface area contributed by atoms with E-state index in [2.05, 4.69) is 37.9 Å². The van der Waals surface area contributed by atoms with Gasteiger partial charge < -0.3 is 14.2 Å². The lowest BCUT2D eigenvalue weighted by Gasteiger charge is -2.37. The number of aromatic nitrogens is 4. The van der Waals surface area contributed by atoms with Crippen LogP contribution in [-0.4, -0.2) is 45.8 Å². The molecule has 0 radical (unpaired) electrons. The lowest BCUT2D eigenvalue weighted by atomic mass is 10.2. The first kappa shape index (κ1) is 18.6. The van der Waals surface area contributed by atoms with Crippen LogP contribution in [0.15, 0.2) is 53.1 Å². The topological polar surface area (TPSA) is 62.7 Å². The normalized spacial score (nSPS) is 14.6. The van der Waals surface area contributed by atoms with Gasteiger partial charge in [0.15, 0.2) is 5.76 Å². The number of benzene rings is 1. The molecule has 3 aromatic heterocycles. The highest BCUT2D eigenvalue weighted by atomic mass is 19.1. The molecule has 0 aliphatic carbocycles. The molecule has 1 aliphatic heterocycles. The number of anilines is 2. The molecule has 0 unspecified atom stereocenters. The Morgan fingerprint density at radius 2 is 1.80 bits per heavy atom. The molecule has 1 aromatic carbocycles. The van der Waals surface area contributed by atoms with E-state index in [4.69, 9.17) is 4.42 Å². The van der Waals surface area contributed by atoms with Crippen molar-refractivity contribution >= 4 is 17.3 Å². The molecule has 1 aliphatic rings. The zero-order chi connectivity index (χ0) is 20.5. The van der Waals surface area contributed by atoms with E-state index in [1.54, 1.807) is 16.8 Å². The largest absolute Gasteiger partial charge is 0.461 e. The highest BCUT2D eigenvalue weighted by molar-refractivity contribution is 5.56. The lowest BCUT2D eigenvalue weighted by Crippen LogP contribution is -2.47. The van der Waals surface area contributed by atoms with E-state index >= 15 is 0 Å². The molecule has 154 valence electrons. The van der Waals surface area contributed by atoms with Gasteiger partial charge in [-0.05, 0) is 30.7 Å².